The van der Waals surface area contributed by atoms with Crippen LogP contribution in [0.25, 0.3) is 10.9 Å². The van der Waals surface area contributed by atoms with E-state index in [0.717, 1.165) is 21.4 Å². The maximum atomic E-state index is 12.9. The number of benzene rings is 1. The van der Waals surface area contributed by atoms with E-state index in [1.165, 1.54) is 25.8 Å². The molecule has 0 saturated heterocycles. The number of amides is 1. The molecule has 3 atom stereocenters. The molecule has 27 heavy (non-hydrogen) atoms. The van der Waals surface area contributed by atoms with Gasteiger partial charge in [-0.3, -0.25) is 4.79 Å². The zero-order chi connectivity index (χ0) is 20.1. The fourth-order valence-corrected chi connectivity index (χ4v) is 4.44. The topological polar surface area (TPSA) is 91.4 Å². The van der Waals surface area contributed by atoms with E-state index in [4.69, 9.17) is 0 Å². The molecule has 1 amide bonds. The average molecular weight is 393 g/mol. The Balaban J connectivity index is 2.26. The first-order chi connectivity index (χ1) is 12.7. The molecule has 0 unspecified atom stereocenters. The highest BCUT2D eigenvalue weighted by atomic mass is 32.2. The molecule has 3 N–H and O–H groups in total. The Kier molecular flexibility index (Phi) is 7.33. The van der Waals surface area contributed by atoms with Crippen molar-refractivity contribution in [3.8, 4) is 0 Å². The van der Waals surface area contributed by atoms with Crippen LogP contribution in [0.3, 0.4) is 0 Å². The van der Waals surface area contributed by atoms with Crippen molar-refractivity contribution >= 4 is 34.5 Å². The fraction of sp³-hybridized carbons (Fsp3) is 0.500. The number of H-pyrrole nitrogens is 1. The van der Waals surface area contributed by atoms with Crippen molar-refractivity contribution in [2.45, 2.75) is 56.4 Å². The Hall–Kier alpha value is -1.99. The minimum Gasteiger partial charge on any atom is -0.467 e. The van der Waals surface area contributed by atoms with E-state index < -0.39 is 23.4 Å². The minimum absolute atomic E-state index is 0.284. The van der Waals surface area contributed by atoms with Gasteiger partial charge in [-0.05, 0) is 37.8 Å². The number of aliphatic hydroxyl groups is 1. The number of carbonyl (C=O) groups excluding carboxylic acids is 2. The number of aryl methyl sites for hydroxylation is 1. The molecular weight excluding hydrogens is 364 g/mol. The standard InChI is InChI=1S/C20H28N2O4S/c1-11(2)9-15(19(24)22-18(13(4)23)20(25)26-5)27-16-10-21-14-8-6-7-12(3)17(14)16/h6-8,10-11,13,15,18,21,23H,9H2,1-5H3,(H,22,24)/t13-,15-,18+/m1/s1. The lowest BCUT2D eigenvalue weighted by Gasteiger charge is -2.23. The lowest BCUT2D eigenvalue weighted by atomic mass is 10.1. The molecule has 2 aromatic rings. The van der Waals surface area contributed by atoms with Gasteiger partial charge in [0.05, 0.1) is 18.5 Å². The largest absolute Gasteiger partial charge is 0.467 e. The molecule has 0 radical (unpaired) electrons. The molecule has 0 fully saturated rings. The number of thioether (sulfide) groups is 1. The number of fused-ring (bicyclic) bond motifs is 1. The second kappa shape index (κ2) is 9.28. The van der Waals surface area contributed by atoms with Crippen molar-refractivity contribution in [3.63, 3.8) is 0 Å². The molecule has 0 aliphatic heterocycles. The van der Waals surface area contributed by atoms with E-state index in [0.29, 0.717) is 12.3 Å². The summed E-state index contributed by atoms with van der Waals surface area (Å²) in [6.45, 7) is 7.59. The maximum absolute atomic E-state index is 12.9. The van der Waals surface area contributed by atoms with Gasteiger partial charge in [-0.25, -0.2) is 4.79 Å². The van der Waals surface area contributed by atoms with Crippen LogP contribution in [0.5, 0.6) is 0 Å². The molecule has 1 aromatic heterocycles. The molecule has 0 aliphatic carbocycles. The molecule has 6 nitrogen and oxygen atoms in total. The Labute approximate surface area is 164 Å². The summed E-state index contributed by atoms with van der Waals surface area (Å²) in [5, 5.41) is 13.2. The number of ether oxygens (including phenoxy) is 1. The number of rotatable bonds is 8. The van der Waals surface area contributed by atoms with E-state index >= 15 is 0 Å². The highest BCUT2D eigenvalue weighted by molar-refractivity contribution is 8.00. The van der Waals surface area contributed by atoms with Gasteiger partial charge in [0, 0.05) is 22.0 Å². The third-order valence-corrected chi connectivity index (χ3v) is 5.63. The van der Waals surface area contributed by atoms with Gasteiger partial charge in [-0.15, -0.1) is 11.8 Å². The van der Waals surface area contributed by atoms with Crippen molar-refractivity contribution < 1.29 is 19.4 Å². The van der Waals surface area contributed by atoms with Crippen molar-refractivity contribution in [3.05, 3.63) is 30.0 Å². The Morgan fingerprint density at radius 3 is 2.59 bits per heavy atom. The number of aromatic nitrogens is 1. The monoisotopic (exact) mass is 392 g/mol. The number of esters is 1. The van der Waals surface area contributed by atoms with E-state index in [-0.39, 0.29) is 5.91 Å². The van der Waals surface area contributed by atoms with Crippen molar-refractivity contribution in [1.82, 2.24) is 10.3 Å². The third-order valence-electron chi connectivity index (χ3n) is 4.36. The molecule has 2 rings (SSSR count). The summed E-state index contributed by atoms with van der Waals surface area (Å²) in [5.74, 6) is -0.648. The normalized spacial score (nSPS) is 14.8. The van der Waals surface area contributed by atoms with Crippen LogP contribution in [0, 0.1) is 12.8 Å². The maximum Gasteiger partial charge on any atom is 0.331 e. The second-order valence-corrected chi connectivity index (χ2v) is 8.38. The minimum atomic E-state index is -1.08. The molecule has 7 heteroatoms. The Morgan fingerprint density at radius 1 is 1.30 bits per heavy atom. The number of methoxy groups -OCH3 is 1. The van der Waals surface area contributed by atoms with Crippen LogP contribution < -0.4 is 5.32 Å². The van der Waals surface area contributed by atoms with Gasteiger partial charge >= 0.3 is 5.97 Å². The molecule has 1 aromatic carbocycles. The number of nitrogens with one attached hydrogen (secondary N) is 2. The summed E-state index contributed by atoms with van der Waals surface area (Å²) < 4.78 is 4.69. The number of hydrogen-bond donors (Lipinski definition) is 3. The van der Waals surface area contributed by atoms with E-state index in [1.807, 2.05) is 45.2 Å². The molecular formula is C20H28N2O4S. The zero-order valence-electron chi connectivity index (χ0n) is 16.4. The smallest absolute Gasteiger partial charge is 0.331 e. The molecule has 0 spiro atoms. The van der Waals surface area contributed by atoms with Crippen molar-refractivity contribution in [2.75, 3.05) is 7.11 Å². The highest BCUT2D eigenvalue weighted by Gasteiger charge is 2.30. The molecule has 0 aliphatic rings. The summed E-state index contributed by atoms with van der Waals surface area (Å²) in [4.78, 5) is 29.0. The van der Waals surface area contributed by atoms with Crippen LogP contribution in [-0.2, 0) is 14.3 Å². The van der Waals surface area contributed by atoms with E-state index in [9.17, 15) is 14.7 Å². The average Bonchev–Trinajstić information content (AvgIpc) is 3.01. The van der Waals surface area contributed by atoms with Crippen LogP contribution in [-0.4, -0.2) is 46.5 Å². The Morgan fingerprint density at radius 2 is 2.00 bits per heavy atom. The summed E-state index contributed by atoms with van der Waals surface area (Å²) in [7, 11) is 1.24. The van der Waals surface area contributed by atoms with Gasteiger partial charge in [0.2, 0.25) is 5.91 Å². The van der Waals surface area contributed by atoms with E-state index in [1.54, 1.807) is 0 Å². The SMILES string of the molecule is COC(=O)[C@@H](NC(=O)[C@@H](CC(C)C)Sc1c[nH]c2cccc(C)c12)[C@@H](C)O. The number of aromatic amines is 1. The summed E-state index contributed by atoms with van der Waals surface area (Å²) >= 11 is 1.47. The fourth-order valence-electron chi connectivity index (χ4n) is 2.96. The van der Waals surface area contributed by atoms with Gasteiger partial charge in [-0.1, -0.05) is 26.0 Å². The molecule has 0 saturated carbocycles. The number of hydrogen-bond acceptors (Lipinski definition) is 5. The second-order valence-electron chi connectivity index (χ2n) is 7.14. The van der Waals surface area contributed by atoms with Gasteiger partial charge in [0.15, 0.2) is 6.04 Å². The first-order valence-electron chi connectivity index (χ1n) is 9.04. The predicted molar refractivity (Wildman–Crippen MR) is 108 cm³/mol. The van der Waals surface area contributed by atoms with Gasteiger partial charge < -0.3 is 20.1 Å². The van der Waals surface area contributed by atoms with Gasteiger partial charge in [0.1, 0.15) is 0 Å². The van der Waals surface area contributed by atoms with Crippen molar-refractivity contribution in [1.29, 1.82) is 0 Å². The summed E-state index contributed by atoms with van der Waals surface area (Å²) in [6, 6.07) is 4.95. The lowest BCUT2D eigenvalue weighted by Crippen LogP contribution is -2.50. The van der Waals surface area contributed by atoms with Crippen LogP contribution in [0.1, 0.15) is 32.8 Å². The van der Waals surface area contributed by atoms with Crippen LogP contribution in [0.4, 0.5) is 0 Å². The zero-order valence-corrected chi connectivity index (χ0v) is 17.2. The van der Waals surface area contributed by atoms with Gasteiger partial charge in [0.25, 0.3) is 0 Å². The molecule has 0 bridgehead atoms. The summed E-state index contributed by atoms with van der Waals surface area (Å²) in [6.07, 6.45) is 1.51. The predicted octanol–water partition coefficient (Wildman–Crippen LogP) is 3.02. The van der Waals surface area contributed by atoms with Crippen LogP contribution >= 0.6 is 11.8 Å². The Bertz CT molecular complexity index is 800. The van der Waals surface area contributed by atoms with Crippen LogP contribution in [0.2, 0.25) is 0 Å². The van der Waals surface area contributed by atoms with Crippen molar-refractivity contribution in [2.24, 2.45) is 5.92 Å². The quantitative estimate of drug-likeness (QED) is 0.474. The number of aliphatic hydroxyl groups excluding tert-OH is 1. The highest BCUT2D eigenvalue weighted by Crippen LogP contribution is 2.35. The summed E-state index contributed by atoms with van der Waals surface area (Å²) in [5.41, 5.74) is 2.16. The van der Waals surface area contributed by atoms with Crippen LogP contribution in [0.15, 0.2) is 29.3 Å². The lowest BCUT2D eigenvalue weighted by molar-refractivity contribution is -0.148. The molecule has 148 valence electrons. The first kappa shape index (κ1) is 21.3. The first-order valence-corrected chi connectivity index (χ1v) is 9.92. The third kappa shape index (κ3) is 5.26. The van der Waals surface area contributed by atoms with E-state index in [2.05, 4.69) is 15.0 Å². The number of carbonyl (C=O) groups is 2. The molecule has 1 heterocycles. The van der Waals surface area contributed by atoms with Gasteiger partial charge in [-0.2, -0.15) is 0 Å².